The average molecular weight is 364 g/mol. The molecule has 2 atom stereocenters. The van der Waals surface area contributed by atoms with Crippen LogP contribution in [0.1, 0.15) is 23.5 Å². The molecule has 2 heterocycles. The summed E-state index contributed by atoms with van der Waals surface area (Å²) in [4.78, 5) is 2.29. The van der Waals surface area contributed by atoms with Crippen LogP contribution in [0.5, 0.6) is 11.5 Å². The molecule has 1 saturated heterocycles. The van der Waals surface area contributed by atoms with Gasteiger partial charge < -0.3 is 25.0 Å². The molecule has 6 nitrogen and oxygen atoms in total. The minimum atomic E-state index is 0.408. The standard InChI is InChI=1S/C21H24N4O2/c1-25-19-6-7-23-12-17(19)16-9-14(8-13(11-22)21(16)25)24-18-5-4-15(26-2)10-20(18)27-3/h4-5,8-10,17,19,23-24H,6-7,12H2,1-3H3. The van der Waals surface area contributed by atoms with E-state index in [-0.39, 0.29) is 0 Å². The normalized spacial score (nSPS) is 20.4. The molecule has 2 aliphatic heterocycles. The number of nitrogens with one attached hydrogen (secondary N) is 2. The number of hydrogen-bond donors (Lipinski definition) is 2. The highest BCUT2D eigenvalue weighted by Crippen LogP contribution is 2.46. The molecule has 2 aliphatic rings. The minimum absolute atomic E-state index is 0.408. The number of fused-ring (bicyclic) bond motifs is 3. The van der Waals surface area contributed by atoms with Crippen LogP contribution in [-0.4, -0.2) is 40.4 Å². The van der Waals surface area contributed by atoms with Gasteiger partial charge in [0.2, 0.25) is 0 Å². The average Bonchev–Trinajstić information content (AvgIpc) is 3.00. The van der Waals surface area contributed by atoms with E-state index in [2.05, 4.69) is 34.7 Å². The summed E-state index contributed by atoms with van der Waals surface area (Å²) < 4.78 is 10.8. The third-order valence-electron chi connectivity index (χ3n) is 5.64. The first-order chi connectivity index (χ1) is 13.2. The quantitative estimate of drug-likeness (QED) is 0.868. The van der Waals surface area contributed by atoms with Gasteiger partial charge in [0.15, 0.2) is 0 Å². The van der Waals surface area contributed by atoms with Crippen molar-refractivity contribution in [2.45, 2.75) is 18.4 Å². The van der Waals surface area contributed by atoms with Crippen molar-refractivity contribution < 1.29 is 9.47 Å². The van der Waals surface area contributed by atoms with Crippen molar-refractivity contribution in [2.75, 3.05) is 44.6 Å². The largest absolute Gasteiger partial charge is 0.497 e. The number of rotatable bonds is 4. The molecule has 27 heavy (non-hydrogen) atoms. The highest BCUT2D eigenvalue weighted by atomic mass is 16.5. The topological polar surface area (TPSA) is 69.5 Å². The van der Waals surface area contributed by atoms with Crippen LogP contribution < -0.4 is 25.0 Å². The number of hydrogen-bond acceptors (Lipinski definition) is 6. The van der Waals surface area contributed by atoms with Crippen LogP contribution >= 0.6 is 0 Å². The maximum Gasteiger partial charge on any atom is 0.145 e. The zero-order chi connectivity index (χ0) is 19.0. The molecule has 1 fully saturated rings. The van der Waals surface area contributed by atoms with Gasteiger partial charge >= 0.3 is 0 Å². The van der Waals surface area contributed by atoms with Gasteiger partial charge in [-0.25, -0.2) is 0 Å². The Labute approximate surface area is 159 Å². The molecule has 0 saturated carbocycles. The molecule has 2 N–H and O–H groups in total. The van der Waals surface area contributed by atoms with E-state index in [0.29, 0.717) is 23.3 Å². The maximum absolute atomic E-state index is 9.75. The summed E-state index contributed by atoms with van der Waals surface area (Å²) in [6.45, 7) is 1.97. The number of nitrogens with zero attached hydrogens (tertiary/aromatic N) is 2. The molecule has 140 valence electrons. The first-order valence-electron chi connectivity index (χ1n) is 9.17. The molecule has 0 aliphatic carbocycles. The fraction of sp³-hybridized carbons (Fsp3) is 0.381. The summed E-state index contributed by atoms with van der Waals surface area (Å²) in [5, 5.41) is 16.7. The third kappa shape index (κ3) is 2.94. The second-order valence-corrected chi connectivity index (χ2v) is 7.04. The number of anilines is 3. The predicted octanol–water partition coefficient (Wildman–Crippen LogP) is 3.21. The highest BCUT2D eigenvalue weighted by molar-refractivity contribution is 5.77. The lowest BCUT2D eigenvalue weighted by molar-refractivity contribution is 0.395. The van der Waals surface area contributed by atoms with Crippen molar-refractivity contribution in [3.8, 4) is 17.6 Å². The maximum atomic E-state index is 9.75. The van der Waals surface area contributed by atoms with E-state index in [4.69, 9.17) is 9.47 Å². The molecular formula is C21H24N4O2. The molecule has 0 spiro atoms. The van der Waals surface area contributed by atoms with Crippen molar-refractivity contribution in [3.63, 3.8) is 0 Å². The van der Waals surface area contributed by atoms with Crippen LogP contribution in [0, 0.1) is 11.3 Å². The Hall–Kier alpha value is -2.91. The number of ether oxygens (including phenoxy) is 2. The van der Waals surface area contributed by atoms with Crippen LogP contribution in [0.15, 0.2) is 30.3 Å². The number of nitriles is 1. The Balaban J connectivity index is 1.73. The van der Waals surface area contributed by atoms with Crippen molar-refractivity contribution in [2.24, 2.45) is 0 Å². The number of benzene rings is 2. The highest BCUT2D eigenvalue weighted by Gasteiger charge is 2.39. The predicted molar refractivity (Wildman–Crippen MR) is 106 cm³/mol. The van der Waals surface area contributed by atoms with Crippen LogP contribution in [0.2, 0.25) is 0 Å². The first-order valence-corrected chi connectivity index (χ1v) is 9.17. The Bertz CT molecular complexity index is 906. The van der Waals surface area contributed by atoms with E-state index in [1.54, 1.807) is 14.2 Å². The Morgan fingerprint density at radius 2 is 2.07 bits per heavy atom. The lowest BCUT2D eigenvalue weighted by Crippen LogP contribution is -2.42. The van der Waals surface area contributed by atoms with E-state index in [1.807, 2.05) is 24.3 Å². The summed E-state index contributed by atoms with van der Waals surface area (Å²) in [6.07, 6.45) is 1.09. The van der Waals surface area contributed by atoms with Crippen LogP contribution in [0.4, 0.5) is 17.1 Å². The second-order valence-electron chi connectivity index (χ2n) is 7.04. The molecular weight excluding hydrogens is 340 g/mol. The van der Waals surface area contributed by atoms with Crippen molar-refractivity contribution in [1.29, 1.82) is 5.26 Å². The van der Waals surface area contributed by atoms with Crippen LogP contribution in [0.25, 0.3) is 0 Å². The van der Waals surface area contributed by atoms with E-state index in [1.165, 1.54) is 5.56 Å². The van der Waals surface area contributed by atoms with Gasteiger partial charge in [0.25, 0.3) is 0 Å². The fourth-order valence-electron chi connectivity index (χ4n) is 4.34. The molecule has 2 aromatic carbocycles. The fourth-order valence-corrected chi connectivity index (χ4v) is 4.34. The number of likely N-dealkylation sites (N-methyl/N-ethyl adjacent to an activating group) is 1. The lowest BCUT2D eigenvalue weighted by Gasteiger charge is -2.31. The molecule has 0 aromatic heterocycles. The molecule has 2 aromatic rings. The van der Waals surface area contributed by atoms with Crippen LogP contribution in [0.3, 0.4) is 0 Å². The van der Waals surface area contributed by atoms with Gasteiger partial charge in [-0.3, -0.25) is 0 Å². The van der Waals surface area contributed by atoms with Gasteiger partial charge in [-0.1, -0.05) is 0 Å². The zero-order valence-corrected chi connectivity index (χ0v) is 15.9. The lowest BCUT2D eigenvalue weighted by atomic mass is 9.89. The third-order valence-corrected chi connectivity index (χ3v) is 5.64. The zero-order valence-electron chi connectivity index (χ0n) is 15.9. The Morgan fingerprint density at radius 1 is 1.22 bits per heavy atom. The van der Waals surface area contributed by atoms with Crippen molar-refractivity contribution in [1.82, 2.24) is 5.32 Å². The summed E-state index contributed by atoms with van der Waals surface area (Å²) in [5.74, 6) is 1.84. The monoisotopic (exact) mass is 364 g/mol. The van der Waals surface area contributed by atoms with Crippen molar-refractivity contribution >= 4 is 17.1 Å². The van der Waals surface area contributed by atoms with Crippen LogP contribution in [-0.2, 0) is 0 Å². The number of piperidine rings is 1. The van der Waals surface area contributed by atoms with Gasteiger partial charge in [-0.05, 0) is 42.8 Å². The number of methoxy groups -OCH3 is 2. The van der Waals surface area contributed by atoms with Crippen molar-refractivity contribution in [3.05, 3.63) is 41.5 Å². The van der Waals surface area contributed by atoms with Gasteiger partial charge in [0.05, 0.1) is 31.2 Å². The summed E-state index contributed by atoms with van der Waals surface area (Å²) in [6, 6.07) is 12.6. The smallest absolute Gasteiger partial charge is 0.145 e. The first kappa shape index (κ1) is 17.5. The molecule has 0 bridgehead atoms. The minimum Gasteiger partial charge on any atom is -0.497 e. The van der Waals surface area contributed by atoms with E-state index < -0.39 is 0 Å². The Morgan fingerprint density at radius 3 is 2.81 bits per heavy atom. The summed E-state index contributed by atoms with van der Waals surface area (Å²) in [7, 11) is 5.37. The summed E-state index contributed by atoms with van der Waals surface area (Å²) >= 11 is 0. The molecule has 2 unspecified atom stereocenters. The SMILES string of the molecule is COc1ccc(Nc2cc(C#N)c3c(c2)C2CNCCC2N3C)c(OC)c1. The molecule has 6 heteroatoms. The second kappa shape index (κ2) is 7.01. The summed E-state index contributed by atoms with van der Waals surface area (Å²) in [5.41, 5.74) is 4.76. The van der Waals surface area contributed by atoms with Gasteiger partial charge in [-0.2, -0.15) is 5.26 Å². The van der Waals surface area contributed by atoms with E-state index in [9.17, 15) is 5.26 Å². The van der Waals surface area contributed by atoms with Gasteiger partial charge in [-0.15, -0.1) is 0 Å². The molecule has 0 amide bonds. The van der Waals surface area contributed by atoms with E-state index >= 15 is 0 Å². The molecule has 4 rings (SSSR count). The van der Waals surface area contributed by atoms with E-state index in [0.717, 1.165) is 42.3 Å². The van der Waals surface area contributed by atoms with Gasteiger partial charge in [0, 0.05) is 37.3 Å². The van der Waals surface area contributed by atoms with Gasteiger partial charge in [0.1, 0.15) is 17.6 Å². The Kier molecular flexibility index (Phi) is 4.54. The molecule has 0 radical (unpaired) electrons.